The number of hydrogen-bond donors (Lipinski definition) is 2. The maximum Gasteiger partial charge on any atom is 0.258 e. The normalized spacial score (nSPS) is 10.4. The van der Waals surface area contributed by atoms with Crippen molar-refractivity contribution in [1.82, 2.24) is 14.7 Å². The number of hydrogen-bond acceptors (Lipinski definition) is 4. The van der Waals surface area contributed by atoms with Gasteiger partial charge in [-0.2, -0.15) is 4.98 Å². The summed E-state index contributed by atoms with van der Waals surface area (Å²) in [6.45, 7) is 0. The first-order valence-corrected chi connectivity index (χ1v) is 4.72. The minimum Gasteiger partial charge on any atom is -0.409 e. The van der Waals surface area contributed by atoms with Crippen LogP contribution in [0.15, 0.2) is 30.3 Å². The maximum atomic E-state index is 9.38. The fourth-order valence-corrected chi connectivity index (χ4v) is 1.46. The van der Waals surface area contributed by atoms with E-state index in [1.54, 1.807) is 0 Å². The molecule has 0 amide bonds. The molecule has 0 saturated carbocycles. The molecule has 5 nitrogen and oxygen atoms in total. The Hall–Kier alpha value is -1.82. The van der Waals surface area contributed by atoms with Crippen molar-refractivity contribution in [3.8, 4) is 0 Å². The van der Waals surface area contributed by atoms with E-state index in [2.05, 4.69) is 4.98 Å². The van der Waals surface area contributed by atoms with E-state index in [-0.39, 0.29) is 4.77 Å². The van der Waals surface area contributed by atoms with Gasteiger partial charge in [0.05, 0.1) is 0 Å². The van der Waals surface area contributed by atoms with Gasteiger partial charge in [0.25, 0.3) is 4.77 Å². The average Bonchev–Trinajstić information content (AvgIpc) is 2.48. The molecule has 0 aliphatic rings. The summed E-state index contributed by atoms with van der Waals surface area (Å²) in [5.41, 5.74) is 0.980. The molecule has 1 heterocycles. The highest BCUT2D eigenvalue weighted by atomic mass is 32.1. The Bertz CT molecular complexity index is 518. The van der Waals surface area contributed by atoms with Gasteiger partial charge in [0.1, 0.15) is 0 Å². The predicted molar refractivity (Wildman–Crippen MR) is 54.7 cm³/mol. The van der Waals surface area contributed by atoms with Gasteiger partial charge in [-0.3, -0.25) is 0 Å². The SMILES string of the molecule is On1c(Cc2ccccc2)nc(=S)n1O. The largest absolute Gasteiger partial charge is 0.409 e. The summed E-state index contributed by atoms with van der Waals surface area (Å²) in [6, 6.07) is 9.49. The number of nitrogens with zero attached hydrogens (tertiary/aromatic N) is 3. The van der Waals surface area contributed by atoms with Crippen molar-refractivity contribution < 1.29 is 10.4 Å². The van der Waals surface area contributed by atoms with Crippen LogP contribution in [0.5, 0.6) is 0 Å². The molecule has 0 saturated heterocycles. The van der Waals surface area contributed by atoms with Gasteiger partial charge in [-0.15, -0.1) is 0 Å². The first-order valence-electron chi connectivity index (χ1n) is 4.32. The lowest BCUT2D eigenvalue weighted by atomic mass is 10.1. The molecule has 2 N–H and O–H groups in total. The molecule has 1 aromatic heterocycles. The van der Waals surface area contributed by atoms with Crippen LogP contribution in [0, 0.1) is 4.77 Å². The molecule has 15 heavy (non-hydrogen) atoms. The van der Waals surface area contributed by atoms with Crippen molar-refractivity contribution in [2.75, 3.05) is 0 Å². The van der Waals surface area contributed by atoms with Gasteiger partial charge in [0, 0.05) is 6.42 Å². The van der Waals surface area contributed by atoms with Gasteiger partial charge in [-0.05, 0) is 17.8 Å². The van der Waals surface area contributed by atoms with E-state index in [0.717, 1.165) is 5.56 Å². The molecule has 0 bridgehead atoms. The van der Waals surface area contributed by atoms with Gasteiger partial charge in [-0.25, -0.2) is 0 Å². The summed E-state index contributed by atoms with van der Waals surface area (Å²) >= 11 is 4.70. The van der Waals surface area contributed by atoms with Gasteiger partial charge in [0.15, 0.2) is 5.82 Å². The minimum absolute atomic E-state index is 0.0663. The Morgan fingerprint density at radius 2 is 1.80 bits per heavy atom. The third kappa shape index (κ3) is 1.84. The Balaban J connectivity index is 2.33. The smallest absolute Gasteiger partial charge is 0.258 e. The third-order valence-electron chi connectivity index (χ3n) is 2.01. The molecule has 0 aliphatic heterocycles. The highest BCUT2D eigenvalue weighted by molar-refractivity contribution is 7.71. The van der Waals surface area contributed by atoms with Crippen LogP contribution >= 0.6 is 12.2 Å². The molecular formula is C9H9N3O2S. The van der Waals surface area contributed by atoms with Crippen molar-refractivity contribution in [1.29, 1.82) is 0 Å². The average molecular weight is 223 g/mol. The molecule has 0 fully saturated rings. The fourth-order valence-electron chi connectivity index (χ4n) is 1.28. The zero-order valence-electron chi connectivity index (χ0n) is 7.74. The zero-order chi connectivity index (χ0) is 10.8. The second-order valence-electron chi connectivity index (χ2n) is 3.05. The van der Waals surface area contributed by atoms with Crippen LogP contribution in [-0.2, 0) is 6.42 Å². The summed E-state index contributed by atoms with van der Waals surface area (Å²) in [5.74, 6) is 0.300. The van der Waals surface area contributed by atoms with Gasteiger partial charge < -0.3 is 10.4 Å². The molecule has 0 atom stereocenters. The molecular weight excluding hydrogens is 214 g/mol. The van der Waals surface area contributed by atoms with E-state index in [9.17, 15) is 5.21 Å². The van der Waals surface area contributed by atoms with Crippen molar-refractivity contribution in [3.63, 3.8) is 0 Å². The first kappa shape index (κ1) is 9.72. The lowest BCUT2D eigenvalue weighted by Crippen LogP contribution is -2.09. The summed E-state index contributed by atoms with van der Waals surface area (Å²) in [7, 11) is 0. The lowest BCUT2D eigenvalue weighted by Gasteiger charge is -2.00. The second kappa shape index (κ2) is 3.74. The Morgan fingerprint density at radius 1 is 1.13 bits per heavy atom. The number of rotatable bonds is 2. The maximum absolute atomic E-state index is 9.38. The topological polar surface area (TPSA) is 63.2 Å². The van der Waals surface area contributed by atoms with Crippen LogP contribution in [0.4, 0.5) is 0 Å². The van der Waals surface area contributed by atoms with E-state index >= 15 is 0 Å². The van der Waals surface area contributed by atoms with E-state index in [4.69, 9.17) is 17.4 Å². The first-order chi connectivity index (χ1) is 7.18. The van der Waals surface area contributed by atoms with Crippen LogP contribution in [0.2, 0.25) is 0 Å². The molecule has 1 aromatic carbocycles. The number of benzene rings is 1. The molecule has 2 aromatic rings. The second-order valence-corrected chi connectivity index (χ2v) is 3.42. The molecule has 0 aliphatic carbocycles. The summed E-state index contributed by atoms with van der Waals surface area (Å²) in [6.07, 6.45) is 0.411. The molecule has 6 heteroatoms. The van der Waals surface area contributed by atoms with Crippen LogP contribution in [0.25, 0.3) is 0 Å². The van der Waals surface area contributed by atoms with Crippen molar-refractivity contribution in [3.05, 3.63) is 46.5 Å². The third-order valence-corrected chi connectivity index (χ3v) is 2.27. The van der Waals surface area contributed by atoms with E-state index < -0.39 is 0 Å². The van der Waals surface area contributed by atoms with Gasteiger partial charge >= 0.3 is 0 Å². The predicted octanol–water partition coefficient (Wildman–Crippen LogP) is 1.48. The molecule has 0 unspecified atom stereocenters. The Kier molecular flexibility index (Phi) is 2.42. The lowest BCUT2D eigenvalue weighted by molar-refractivity contribution is -0.0164. The zero-order valence-corrected chi connectivity index (χ0v) is 8.55. The van der Waals surface area contributed by atoms with Crippen LogP contribution in [-0.4, -0.2) is 25.1 Å². The summed E-state index contributed by atoms with van der Waals surface area (Å²) in [4.78, 5) is 4.81. The summed E-state index contributed by atoms with van der Waals surface area (Å²) < 4.78 is -0.0663. The molecule has 0 spiro atoms. The highest BCUT2D eigenvalue weighted by Crippen LogP contribution is 2.06. The van der Waals surface area contributed by atoms with E-state index in [1.165, 1.54) is 0 Å². The van der Waals surface area contributed by atoms with Crippen LogP contribution in [0.1, 0.15) is 11.4 Å². The van der Waals surface area contributed by atoms with Gasteiger partial charge in [-0.1, -0.05) is 40.0 Å². The van der Waals surface area contributed by atoms with E-state index in [0.29, 0.717) is 21.9 Å². The minimum atomic E-state index is -0.0663. The monoisotopic (exact) mass is 223 g/mol. The van der Waals surface area contributed by atoms with Crippen molar-refractivity contribution >= 4 is 12.2 Å². The number of aromatic nitrogens is 3. The van der Waals surface area contributed by atoms with Crippen molar-refractivity contribution in [2.24, 2.45) is 0 Å². The van der Waals surface area contributed by atoms with Crippen LogP contribution in [0.3, 0.4) is 0 Å². The Labute approximate surface area is 90.7 Å². The summed E-state index contributed by atoms with van der Waals surface area (Å²) in [5, 5.41) is 18.5. The molecule has 0 radical (unpaired) electrons. The van der Waals surface area contributed by atoms with Crippen LogP contribution < -0.4 is 0 Å². The molecule has 78 valence electrons. The quantitative estimate of drug-likeness (QED) is 0.598. The van der Waals surface area contributed by atoms with Crippen molar-refractivity contribution in [2.45, 2.75) is 6.42 Å². The van der Waals surface area contributed by atoms with Gasteiger partial charge in [0.2, 0.25) is 0 Å². The Morgan fingerprint density at radius 3 is 2.33 bits per heavy atom. The standard InChI is InChI=1S/C9H9N3O2S/c13-11-8(10-9(15)12(11)14)6-7-4-2-1-3-5-7/h1-5,13-14H,6H2. The molecule has 2 rings (SSSR count). The van der Waals surface area contributed by atoms with E-state index in [1.807, 2.05) is 30.3 Å². The fraction of sp³-hybridized carbons (Fsp3) is 0.111. The highest BCUT2D eigenvalue weighted by Gasteiger charge is 2.09.